The lowest BCUT2D eigenvalue weighted by Crippen LogP contribution is -2.34. The fourth-order valence-corrected chi connectivity index (χ4v) is 4.00. The maximum absolute atomic E-state index is 13.1. The van der Waals surface area contributed by atoms with Crippen LogP contribution in [0.25, 0.3) is 17.0 Å². The number of ketones is 1. The van der Waals surface area contributed by atoms with Crippen LogP contribution in [0.1, 0.15) is 47.6 Å². The molecule has 0 aliphatic heterocycles. The summed E-state index contributed by atoms with van der Waals surface area (Å²) in [5.74, 6) is -0.599. The Labute approximate surface area is 210 Å². The Balaban J connectivity index is 1.30. The number of carboxylic acid groups (broad SMARTS) is 1. The van der Waals surface area contributed by atoms with E-state index in [-0.39, 0.29) is 12.4 Å². The molecule has 0 atom stereocenters. The average Bonchev–Trinajstić information content (AvgIpc) is 3.48. The minimum absolute atomic E-state index is 0.0717. The van der Waals surface area contributed by atoms with Crippen molar-refractivity contribution in [3.63, 3.8) is 0 Å². The molecule has 0 spiro atoms. The molecule has 0 unspecified atom stereocenters. The third-order valence-electron chi connectivity index (χ3n) is 6.28. The van der Waals surface area contributed by atoms with E-state index < -0.39 is 11.6 Å². The number of fused-ring (bicyclic) bond motifs is 1. The predicted octanol–water partition coefficient (Wildman–Crippen LogP) is 5.13. The number of carbonyl (C=O) groups is 2. The Morgan fingerprint density at radius 2 is 1.86 bits per heavy atom. The molecule has 2 heterocycles. The molecule has 0 radical (unpaired) electrons. The number of carbonyl (C=O) groups excluding carboxylic acids is 1. The van der Waals surface area contributed by atoms with Crippen molar-refractivity contribution in [2.75, 3.05) is 6.61 Å². The third-order valence-corrected chi connectivity index (χ3v) is 6.28. The quantitative estimate of drug-likeness (QED) is 0.298. The highest BCUT2D eigenvalue weighted by Crippen LogP contribution is 2.19. The number of hydrogen-bond donors (Lipinski definition) is 1. The van der Waals surface area contributed by atoms with Crippen LogP contribution in [0.5, 0.6) is 0 Å². The van der Waals surface area contributed by atoms with Gasteiger partial charge in [0.25, 0.3) is 0 Å². The smallest absolute Gasteiger partial charge is 0.335 e. The van der Waals surface area contributed by atoms with Crippen LogP contribution in [0, 0.1) is 0 Å². The zero-order valence-corrected chi connectivity index (χ0v) is 20.8. The minimum Gasteiger partial charge on any atom is -0.479 e. The summed E-state index contributed by atoms with van der Waals surface area (Å²) in [6.07, 6.45) is 11.0. The number of aryl methyl sites for hydroxylation is 3. The Kier molecular flexibility index (Phi) is 7.50. The van der Waals surface area contributed by atoms with Gasteiger partial charge in [-0.15, -0.1) is 0 Å². The molecule has 186 valence electrons. The van der Waals surface area contributed by atoms with Gasteiger partial charge in [-0.25, -0.2) is 9.78 Å². The van der Waals surface area contributed by atoms with Crippen molar-refractivity contribution < 1.29 is 19.4 Å². The van der Waals surface area contributed by atoms with Crippen LogP contribution >= 0.6 is 0 Å². The summed E-state index contributed by atoms with van der Waals surface area (Å²) >= 11 is 0. The monoisotopic (exact) mass is 485 g/mol. The fourth-order valence-electron chi connectivity index (χ4n) is 4.00. The molecule has 0 saturated carbocycles. The van der Waals surface area contributed by atoms with E-state index in [0.717, 1.165) is 29.3 Å². The summed E-state index contributed by atoms with van der Waals surface area (Å²) in [5, 5.41) is 10.1. The molecule has 2 aromatic heterocycles. The van der Waals surface area contributed by atoms with Gasteiger partial charge in [0, 0.05) is 48.6 Å². The van der Waals surface area contributed by atoms with Crippen LogP contribution in [0.2, 0.25) is 0 Å². The summed E-state index contributed by atoms with van der Waals surface area (Å²) in [4.78, 5) is 28.5. The topological polar surface area (TPSA) is 86.4 Å². The van der Waals surface area contributed by atoms with E-state index >= 15 is 0 Å². The molecule has 0 fully saturated rings. The summed E-state index contributed by atoms with van der Waals surface area (Å²) in [5.41, 5.74) is 2.75. The standard InChI is InChI=1S/C29H31N3O4/c1-29(2,28(34)35)36-19-5-7-22-10-8-21(9-11-22)6-4-16-32-18-15-30-27(32)26(33)24-12-13-25-23(20-24)14-17-31(25)3/h5,7-15,17-18,20H,4,6,16,19H2,1-3H3,(H,34,35). The lowest BCUT2D eigenvalue weighted by Gasteiger charge is -2.18. The van der Waals surface area contributed by atoms with E-state index in [1.807, 2.05) is 77.1 Å². The number of nitrogens with zero attached hydrogens (tertiary/aromatic N) is 3. The summed E-state index contributed by atoms with van der Waals surface area (Å²) in [7, 11) is 1.99. The maximum atomic E-state index is 13.1. The second kappa shape index (κ2) is 10.7. The fraction of sp³-hybridized carbons (Fsp3) is 0.276. The van der Waals surface area contributed by atoms with E-state index in [2.05, 4.69) is 17.1 Å². The molecule has 1 N–H and O–H groups in total. The highest BCUT2D eigenvalue weighted by molar-refractivity contribution is 6.08. The molecule has 0 aliphatic carbocycles. The average molecular weight is 486 g/mol. The Morgan fingerprint density at radius 3 is 2.61 bits per heavy atom. The number of aromatic nitrogens is 3. The van der Waals surface area contributed by atoms with Gasteiger partial charge in [0.1, 0.15) is 0 Å². The number of carboxylic acids is 1. The Morgan fingerprint density at radius 1 is 1.08 bits per heavy atom. The number of rotatable bonds is 11. The van der Waals surface area contributed by atoms with Gasteiger partial charge in [0.05, 0.1) is 6.61 Å². The van der Waals surface area contributed by atoms with E-state index in [1.165, 1.54) is 19.4 Å². The minimum atomic E-state index is -1.20. The van der Waals surface area contributed by atoms with Crippen LogP contribution < -0.4 is 0 Å². The molecule has 0 amide bonds. The Bertz CT molecular complexity index is 1390. The molecule has 4 rings (SSSR count). The molecular formula is C29H31N3O4. The number of aliphatic carboxylic acids is 1. The first-order chi connectivity index (χ1) is 17.2. The van der Waals surface area contributed by atoms with Crippen LogP contribution in [0.15, 0.2) is 73.2 Å². The van der Waals surface area contributed by atoms with Crippen LogP contribution in [0.3, 0.4) is 0 Å². The van der Waals surface area contributed by atoms with Gasteiger partial charge < -0.3 is 19.0 Å². The molecule has 4 aromatic rings. The first kappa shape index (κ1) is 25.1. The number of ether oxygens (including phenoxy) is 1. The highest BCUT2D eigenvalue weighted by Gasteiger charge is 2.27. The van der Waals surface area contributed by atoms with Crippen molar-refractivity contribution in [2.45, 2.75) is 38.8 Å². The van der Waals surface area contributed by atoms with Crippen molar-refractivity contribution in [3.05, 3.63) is 95.7 Å². The van der Waals surface area contributed by atoms with Crippen LogP contribution in [-0.4, -0.2) is 43.2 Å². The zero-order chi connectivity index (χ0) is 25.7. The van der Waals surface area contributed by atoms with E-state index in [0.29, 0.717) is 17.9 Å². The zero-order valence-electron chi connectivity index (χ0n) is 20.8. The van der Waals surface area contributed by atoms with Gasteiger partial charge >= 0.3 is 5.97 Å². The second-order valence-corrected chi connectivity index (χ2v) is 9.35. The summed E-state index contributed by atoms with van der Waals surface area (Å²) < 4.78 is 9.34. The summed E-state index contributed by atoms with van der Waals surface area (Å²) in [6.45, 7) is 3.99. The first-order valence-electron chi connectivity index (χ1n) is 12.0. The first-order valence-corrected chi connectivity index (χ1v) is 12.0. The number of hydrogen-bond acceptors (Lipinski definition) is 4. The number of imidazole rings is 1. The van der Waals surface area contributed by atoms with Gasteiger partial charge in [-0.1, -0.05) is 36.4 Å². The molecule has 0 saturated heterocycles. The van der Waals surface area contributed by atoms with Crippen LogP contribution in [-0.2, 0) is 29.5 Å². The molecule has 0 bridgehead atoms. The molecule has 7 nitrogen and oxygen atoms in total. The molecular weight excluding hydrogens is 454 g/mol. The van der Waals surface area contributed by atoms with Crippen molar-refractivity contribution in [1.29, 1.82) is 0 Å². The molecule has 7 heteroatoms. The molecule has 0 aliphatic rings. The highest BCUT2D eigenvalue weighted by atomic mass is 16.5. The van der Waals surface area contributed by atoms with Gasteiger partial charge in [-0.3, -0.25) is 4.79 Å². The molecule has 2 aromatic carbocycles. The SMILES string of the molecule is Cn1ccc2cc(C(=O)c3nccn3CCCc3ccc(C=CCOC(C)(C)C(=O)O)cc3)ccc21. The maximum Gasteiger partial charge on any atom is 0.335 e. The van der Waals surface area contributed by atoms with Gasteiger partial charge in [-0.2, -0.15) is 0 Å². The van der Waals surface area contributed by atoms with E-state index in [9.17, 15) is 9.59 Å². The lowest BCUT2D eigenvalue weighted by molar-refractivity contribution is -0.159. The number of benzene rings is 2. The second-order valence-electron chi connectivity index (χ2n) is 9.35. The van der Waals surface area contributed by atoms with Gasteiger partial charge in [-0.05, 0) is 62.1 Å². The molecule has 36 heavy (non-hydrogen) atoms. The van der Waals surface area contributed by atoms with Crippen molar-refractivity contribution >= 4 is 28.7 Å². The Hall–Kier alpha value is -3.97. The van der Waals surface area contributed by atoms with Gasteiger partial charge in [0.15, 0.2) is 11.4 Å². The predicted molar refractivity (Wildman–Crippen MR) is 140 cm³/mol. The third kappa shape index (κ3) is 5.80. The van der Waals surface area contributed by atoms with Crippen LogP contribution in [0.4, 0.5) is 0 Å². The van der Waals surface area contributed by atoms with E-state index in [1.54, 1.807) is 6.20 Å². The lowest BCUT2D eigenvalue weighted by atomic mass is 10.1. The van der Waals surface area contributed by atoms with Crippen molar-refractivity contribution in [2.24, 2.45) is 7.05 Å². The van der Waals surface area contributed by atoms with Crippen molar-refractivity contribution in [1.82, 2.24) is 14.1 Å². The van der Waals surface area contributed by atoms with Gasteiger partial charge in [0.2, 0.25) is 5.78 Å². The normalized spacial score (nSPS) is 12.0. The van der Waals surface area contributed by atoms with Crippen molar-refractivity contribution in [3.8, 4) is 0 Å². The largest absolute Gasteiger partial charge is 0.479 e. The summed E-state index contributed by atoms with van der Waals surface area (Å²) in [6, 6.07) is 16.0. The van der Waals surface area contributed by atoms with E-state index in [4.69, 9.17) is 9.84 Å².